The number of aromatic nitrogens is 3. The number of rotatable bonds is 3. The van der Waals surface area contributed by atoms with E-state index in [0.29, 0.717) is 5.70 Å². The van der Waals surface area contributed by atoms with E-state index in [1.54, 1.807) is 12.4 Å². The highest BCUT2D eigenvalue weighted by Gasteiger charge is 2.10. The number of pyridine rings is 1. The van der Waals surface area contributed by atoms with Gasteiger partial charge in [0.2, 0.25) is 0 Å². The fourth-order valence-corrected chi connectivity index (χ4v) is 2.28. The molecule has 2 aromatic heterocycles. The van der Waals surface area contributed by atoms with Gasteiger partial charge in [0.1, 0.15) is 5.69 Å². The fourth-order valence-electron chi connectivity index (χ4n) is 2.28. The first kappa shape index (κ1) is 13.1. The molecule has 0 saturated heterocycles. The smallest absolute Gasteiger partial charge is 0.100 e. The van der Waals surface area contributed by atoms with Crippen molar-refractivity contribution in [1.29, 1.82) is 0 Å². The molecule has 0 fully saturated rings. The molecule has 0 saturated carbocycles. The predicted molar refractivity (Wildman–Crippen MR) is 83.5 cm³/mol. The molecule has 2 heterocycles. The highest BCUT2D eigenvalue weighted by atomic mass is 15.2. The summed E-state index contributed by atoms with van der Waals surface area (Å²) in [6.45, 7) is 1.96. The van der Waals surface area contributed by atoms with Crippen molar-refractivity contribution in [3.8, 4) is 11.3 Å². The standard InChI is InChI=1S/C15H16N6/c1-9-6-11(4-5-18-9)15-12-7-10(13(16)8-19-17)2-3-14(12)20-21-15/h2-8,19H,16-17H2,1H3,(H,20,21)/b13-8-. The Hall–Kier alpha value is -2.86. The minimum absolute atomic E-state index is 0.567. The van der Waals surface area contributed by atoms with E-state index in [0.717, 1.165) is 33.4 Å². The second-order valence-electron chi connectivity index (χ2n) is 4.78. The summed E-state index contributed by atoms with van der Waals surface area (Å²) in [5.41, 5.74) is 13.7. The normalized spacial score (nSPS) is 11.8. The number of nitrogens with two attached hydrogens (primary N) is 2. The molecule has 3 rings (SSSR count). The van der Waals surface area contributed by atoms with Crippen LogP contribution in [0.3, 0.4) is 0 Å². The molecule has 0 spiro atoms. The molecule has 6 heteroatoms. The quantitative estimate of drug-likeness (QED) is 0.431. The number of aryl methyl sites for hydroxylation is 1. The lowest BCUT2D eigenvalue weighted by Crippen LogP contribution is -2.16. The Morgan fingerprint density at radius 2 is 2.14 bits per heavy atom. The Kier molecular flexibility index (Phi) is 3.29. The van der Waals surface area contributed by atoms with Crippen LogP contribution in [0.25, 0.3) is 27.9 Å². The number of benzene rings is 1. The first-order chi connectivity index (χ1) is 10.2. The van der Waals surface area contributed by atoms with Crippen molar-refractivity contribution < 1.29 is 0 Å². The van der Waals surface area contributed by atoms with Crippen molar-refractivity contribution in [1.82, 2.24) is 20.6 Å². The zero-order valence-electron chi connectivity index (χ0n) is 11.6. The van der Waals surface area contributed by atoms with Gasteiger partial charge < -0.3 is 11.2 Å². The Morgan fingerprint density at radius 3 is 2.90 bits per heavy atom. The molecule has 0 aliphatic heterocycles. The van der Waals surface area contributed by atoms with E-state index in [1.807, 2.05) is 37.3 Å². The summed E-state index contributed by atoms with van der Waals surface area (Å²) in [4.78, 5) is 4.21. The van der Waals surface area contributed by atoms with Crippen molar-refractivity contribution in [2.24, 2.45) is 11.6 Å². The van der Waals surface area contributed by atoms with Crippen molar-refractivity contribution in [3.63, 3.8) is 0 Å². The number of hydrazine groups is 1. The summed E-state index contributed by atoms with van der Waals surface area (Å²) in [5.74, 6) is 5.27. The minimum atomic E-state index is 0.567. The summed E-state index contributed by atoms with van der Waals surface area (Å²) in [6, 6.07) is 9.81. The van der Waals surface area contributed by atoms with Crippen molar-refractivity contribution in [2.75, 3.05) is 0 Å². The Labute approximate surface area is 121 Å². The highest BCUT2D eigenvalue weighted by molar-refractivity contribution is 5.94. The molecule has 0 unspecified atom stereocenters. The van der Waals surface area contributed by atoms with Crippen LogP contribution in [0.5, 0.6) is 0 Å². The third kappa shape index (κ3) is 2.44. The predicted octanol–water partition coefficient (Wildman–Crippen LogP) is 1.65. The molecular weight excluding hydrogens is 264 g/mol. The Morgan fingerprint density at radius 1 is 1.29 bits per heavy atom. The number of fused-ring (bicyclic) bond motifs is 1. The van der Waals surface area contributed by atoms with Gasteiger partial charge in [-0.2, -0.15) is 5.10 Å². The average Bonchev–Trinajstić information content (AvgIpc) is 2.90. The number of hydrogen-bond acceptors (Lipinski definition) is 5. The molecule has 0 bridgehead atoms. The van der Waals surface area contributed by atoms with Gasteiger partial charge in [-0.3, -0.25) is 15.9 Å². The summed E-state index contributed by atoms with van der Waals surface area (Å²) >= 11 is 0. The van der Waals surface area contributed by atoms with Gasteiger partial charge in [0.15, 0.2) is 0 Å². The van der Waals surface area contributed by atoms with Gasteiger partial charge in [-0.1, -0.05) is 6.07 Å². The summed E-state index contributed by atoms with van der Waals surface area (Å²) < 4.78 is 0. The number of aromatic amines is 1. The van der Waals surface area contributed by atoms with E-state index in [-0.39, 0.29) is 0 Å². The second-order valence-corrected chi connectivity index (χ2v) is 4.78. The third-order valence-electron chi connectivity index (χ3n) is 3.31. The van der Waals surface area contributed by atoms with E-state index >= 15 is 0 Å². The Balaban J connectivity index is 2.16. The molecule has 0 aliphatic rings. The van der Waals surface area contributed by atoms with E-state index in [1.165, 1.54) is 0 Å². The van der Waals surface area contributed by atoms with Gasteiger partial charge >= 0.3 is 0 Å². The van der Waals surface area contributed by atoms with Crippen LogP contribution in [0.4, 0.5) is 0 Å². The van der Waals surface area contributed by atoms with Crippen LogP contribution in [-0.4, -0.2) is 15.2 Å². The minimum Gasteiger partial charge on any atom is -0.397 e. The van der Waals surface area contributed by atoms with Gasteiger partial charge in [-0.15, -0.1) is 0 Å². The van der Waals surface area contributed by atoms with Crippen LogP contribution in [0, 0.1) is 6.92 Å². The highest BCUT2D eigenvalue weighted by Crippen LogP contribution is 2.28. The first-order valence-corrected chi connectivity index (χ1v) is 6.52. The van der Waals surface area contributed by atoms with Crippen LogP contribution in [0.15, 0.2) is 42.7 Å². The van der Waals surface area contributed by atoms with E-state index in [9.17, 15) is 0 Å². The van der Waals surface area contributed by atoms with E-state index < -0.39 is 0 Å². The first-order valence-electron chi connectivity index (χ1n) is 6.52. The van der Waals surface area contributed by atoms with Gasteiger partial charge in [-0.25, -0.2) is 0 Å². The maximum absolute atomic E-state index is 5.96. The van der Waals surface area contributed by atoms with Gasteiger partial charge in [0, 0.05) is 29.0 Å². The number of H-pyrrole nitrogens is 1. The molecule has 21 heavy (non-hydrogen) atoms. The number of nitrogens with zero attached hydrogens (tertiary/aromatic N) is 2. The van der Waals surface area contributed by atoms with Crippen molar-refractivity contribution in [2.45, 2.75) is 6.92 Å². The molecule has 3 aromatic rings. The SMILES string of the molecule is Cc1cc(-c2n[nH]c3ccc(/C(N)=C/NN)cc23)ccn1. The summed E-state index contributed by atoms with van der Waals surface area (Å²) in [6.07, 6.45) is 3.33. The molecule has 1 aromatic carbocycles. The van der Waals surface area contributed by atoms with Gasteiger partial charge in [0.05, 0.1) is 11.2 Å². The van der Waals surface area contributed by atoms with Crippen LogP contribution < -0.4 is 17.0 Å². The fraction of sp³-hybridized carbons (Fsp3) is 0.0667. The van der Waals surface area contributed by atoms with E-state index in [4.69, 9.17) is 11.6 Å². The molecule has 0 amide bonds. The van der Waals surface area contributed by atoms with Crippen LogP contribution in [0.1, 0.15) is 11.3 Å². The third-order valence-corrected chi connectivity index (χ3v) is 3.31. The van der Waals surface area contributed by atoms with Crippen LogP contribution >= 0.6 is 0 Å². The molecule has 6 N–H and O–H groups in total. The van der Waals surface area contributed by atoms with Gasteiger partial charge in [-0.05, 0) is 36.8 Å². The molecule has 106 valence electrons. The second kappa shape index (κ2) is 5.26. The lowest BCUT2D eigenvalue weighted by atomic mass is 10.0. The molecule has 0 radical (unpaired) electrons. The monoisotopic (exact) mass is 280 g/mol. The summed E-state index contributed by atoms with van der Waals surface area (Å²) in [5, 5.41) is 8.44. The molecule has 0 aliphatic carbocycles. The molecule has 6 nitrogen and oxygen atoms in total. The average molecular weight is 280 g/mol. The topological polar surface area (TPSA) is 106 Å². The van der Waals surface area contributed by atoms with Crippen LogP contribution in [-0.2, 0) is 0 Å². The van der Waals surface area contributed by atoms with Crippen molar-refractivity contribution in [3.05, 3.63) is 54.0 Å². The van der Waals surface area contributed by atoms with E-state index in [2.05, 4.69) is 20.6 Å². The van der Waals surface area contributed by atoms with Crippen LogP contribution in [0.2, 0.25) is 0 Å². The maximum Gasteiger partial charge on any atom is 0.100 e. The van der Waals surface area contributed by atoms with Gasteiger partial charge in [0.25, 0.3) is 0 Å². The zero-order chi connectivity index (χ0) is 14.8. The molecule has 0 atom stereocenters. The molecular formula is C15H16N6. The van der Waals surface area contributed by atoms with Crippen molar-refractivity contribution >= 4 is 16.6 Å². The number of nitrogens with one attached hydrogen (secondary N) is 2. The zero-order valence-corrected chi connectivity index (χ0v) is 11.6. The summed E-state index contributed by atoms with van der Waals surface area (Å²) in [7, 11) is 0. The lowest BCUT2D eigenvalue weighted by Gasteiger charge is -2.03. The Bertz CT molecular complexity index is 818. The lowest BCUT2D eigenvalue weighted by molar-refractivity contribution is 0.967. The maximum atomic E-state index is 5.96. The largest absolute Gasteiger partial charge is 0.397 e. The number of hydrogen-bond donors (Lipinski definition) is 4.